The van der Waals surface area contributed by atoms with Crippen LogP contribution in [0.5, 0.6) is 0 Å². The van der Waals surface area contributed by atoms with Crippen molar-refractivity contribution in [3.8, 4) is 11.3 Å². The molecular formula is C20H21N3O. The Morgan fingerprint density at radius 2 is 1.50 bits per heavy atom. The molecule has 2 aromatic carbocycles. The van der Waals surface area contributed by atoms with Gasteiger partial charge in [-0.25, -0.2) is 4.68 Å². The molecule has 1 aliphatic heterocycles. The number of hydrogen-bond donors (Lipinski definition) is 0. The van der Waals surface area contributed by atoms with E-state index < -0.39 is 0 Å². The largest absolute Gasteiger partial charge is 0.284 e. The number of likely N-dealkylation sites (tertiary alicyclic amines) is 1. The van der Waals surface area contributed by atoms with Crippen molar-refractivity contribution in [2.45, 2.75) is 25.9 Å². The molecule has 4 heteroatoms. The molecule has 1 aliphatic rings. The van der Waals surface area contributed by atoms with Crippen LogP contribution in [0.25, 0.3) is 22.0 Å². The minimum atomic E-state index is -0.00384. The number of rotatable bonds is 3. The molecule has 122 valence electrons. The molecule has 4 rings (SSSR count). The first-order valence-corrected chi connectivity index (χ1v) is 8.60. The minimum absolute atomic E-state index is 0.00384. The number of hydrogen-bond acceptors (Lipinski definition) is 3. The number of benzene rings is 2. The Bertz CT molecular complexity index is 896. The zero-order valence-corrected chi connectivity index (χ0v) is 13.7. The minimum Gasteiger partial charge on any atom is -0.284 e. The molecule has 1 fully saturated rings. The molecule has 1 aromatic heterocycles. The van der Waals surface area contributed by atoms with E-state index in [-0.39, 0.29) is 5.56 Å². The van der Waals surface area contributed by atoms with E-state index in [2.05, 4.69) is 4.90 Å². The Hall–Kier alpha value is -2.46. The van der Waals surface area contributed by atoms with E-state index in [1.54, 1.807) is 4.68 Å². The molecule has 0 aliphatic carbocycles. The van der Waals surface area contributed by atoms with Gasteiger partial charge in [-0.2, -0.15) is 5.10 Å². The van der Waals surface area contributed by atoms with Gasteiger partial charge in [0.05, 0.1) is 17.7 Å². The van der Waals surface area contributed by atoms with E-state index in [0.29, 0.717) is 6.67 Å². The van der Waals surface area contributed by atoms with Gasteiger partial charge in [0.2, 0.25) is 0 Å². The number of piperidine rings is 1. The van der Waals surface area contributed by atoms with Gasteiger partial charge < -0.3 is 0 Å². The zero-order valence-electron chi connectivity index (χ0n) is 13.7. The second-order valence-corrected chi connectivity index (χ2v) is 6.39. The summed E-state index contributed by atoms with van der Waals surface area (Å²) in [4.78, 5) is 15.2. The van der Waals surface area contributed by atoms with Crippen molar-refractivity contribution in [1.82, 2.24) is 14.7 Å². The third-order valence-electron chi connectivity index (χ3n) is 4.70. The van der Waals surface area contributed by atoms with Crippen molar-refractivity contribution in [1.29, 1.82) is 0 Å². The lowest BCUT2D eigenvalue weighted by molar-refractivity contribution is 0.170. The predicted molar refractivity (Wildman–Crippen MR) is 96.9 cm³/mol. The molecule has 0 amide bonds. The van der Waals surface area contributed by atoms with Crippen molar-refractivity contribution in [3.05, 3.63) is 65.0 Å². The Morgan fingerprint density at radius 3 is 2.25 bits per heavy atom. The quantitative estimate of drug-likeness (QED) is 0.741. The van der Waals surface area contributed by atoms with Crippen LogP contribution in [0.2, 0.25) is 0 Å². The van der Waals surface area contributed by atoms with Gasteiger partial charge in [-0.05, 0) is 32.0 Å². The Kier molecular flexibility index (Phi) is 4.13. The smallest absolute Gasteiger partial charge is 0.275 e. The molecule has 4 nitrogen and oxygen atoms in total. The Morgan fingerprint density at radius 1 is 0.833 bits per heavy atom. The number of nitrogens with zero attached hydrogens (tertiary/aromatic N) is 3. The van der Waals surface area contributed by atoms with Gasteiger partial charge in [0.15, 0.2) is 0 Å². The maximum Gasteiger partial charge on any atom is 0.275 e. The summed E-state index contributed by atoms with van der Waals surface area (Å²) >= 11 is 0. The fourth-order valence-electron chi connectivity index (χ4n) is 3.43. The molecule has 0 spiro atoms. The average molecular weight is 319 g/mol. The van der Waals surface area contributed by atoms with Gasteiger partial charge in [-0.15, -0.1) is 0 Å². The standard InChI is InChI=1S/C20H21N3O/c24-20-18-12-6-5-11-17(18)19(16-9-3-1-4-10-16)21-23(20)15-22-13-7-2-8-14-22/h1,3-6,9-12H,2,7-8,13-15H2. The van der Waals surface area contributed by atoms with Gasteiger partial charge in [-0.1, -0.05) is 55.0 Å². The van der Waals surface area contributed by atoms with Crippen LogP contribution < -0.4 is 5.56 Å². The van der Waals surface area contributed by atoms with Gasteiger partial charge in [0, 0.05) is 10.9 Å². The first kappa shape index (κ1) is 15.1. The van der Waals surface area contributed by atoms with E-state index in [1.807, 2.05) is 54.6 Å². The molecular weight excluding hydrogens is 298 g/mol. The first-order valence-electron chi connectivity index (χ1n) is 8.60. The predicted octanol–water partition coefficient (Wildman–Crippen LogP) is 3.51. The second kappa shape index (κ2) is 6.57. The topological polar surface area (TPSA) is 38.1 Å². The summed E-state index contributed by atoms with van der Waals surface area (Å²) in [5.41, 5.74) is 1.92. The monoisotopic (exact) mass is 319 g/mol. The fraction of sp³-hybridized carbons (Fsp3) is 0.300. The van der Waals surface area contributed by atoms with Crippen LogP contribution in [0, 0.1) is 0 Å². The van der Waals surface area contributed by atoms with Gasteiger partial charge in [-0.3, -0.25) is 9.69 Å². The fourth-order valence-corrected chi connectivity index (χ4v) is 3.43. The first-order chi connectivity index (χ1) is 11.8. The maximum absolute atomic E-state index is 12.9. The van der Waals surface area contributed by atoms with E-state index in [4.69, 9.17) is 5.10 Å². The molecule has 2 heterocycles. The van der Waals surface area contributed by atoms with Gasteiger partial charge in [0.1, 0.15) is 0 Å². The van der Waals surface area contributed by atoms with Gasteiger partial charge >= 0.3 is 0 Å². The van der Waals surface area contributed by atoms with Crippen LogP contribution in [0.4, 0.5) is 0 Å². The molecule has 24 heavy (non-hydrogen) atoms. The average Bonchev–Trinajstić information content (AvgIpc) is 2.66. The van der Waals surface area contributed by atoms with Crippen LogP contribution >= 0.6 is 0 Å². The number of aromatic nitrogens is 2. The third kappa shape index (κ3) is 2.85. The molecule has 0 radical (unpaired) electrons. The van der Waals surface area contributed by atoms with E-state index in [1.165, 1.54) is 19.3 Å². The third-order valence-corrected chi connectivity index (χ3v) is 4.70. The van der Waals surface area contributed by atoms with E-state index in [9.17, 15) is 4.79 Å². The second-order valence-electron chi connectivity index (χ2n) is 6.39. The number of fused-ring (bicyclic) bond motifs is 1. The molecule has 0 unspecified atom stereocenters. The summed E-state index contributed by atoms with van der Waals surface area (Å²) in [5.74, 6) is 0. The van der Waals surface area contributed by atoms with E-state index in [0.717, 1.165) is 35.1 Å². The SMILES string of the molecule is O=c1c2ccccc2c(-c2ccccc2)nn1CN1CCCCC1. The summed E-state index contributed by atoms with van der Waals surface area (Å²) in [7, 11) is 0. The van der Waals surface area contributed by atoms with Crippen molar-refractivity contribution in [2.24, 2.45) is 0 Å². The van der Waals surface area contributed by atoms with Crippen molar-refractivity contribution >= 4 is 10.8 Å². The molecule has 0 saturated carbocycles. The molecule has 0 N–H and O–H groups in total. The normalized spacial score (nSPS) is 15.7. The molecule has 0 bridgehead atoms. The van der Waals surface area contributed by atoms with Crippen molar-refractivity contribution in [2.75, 3.05) is 13.1 Å². The van der Waals surface area contributed by atoms with E-state index >= 15 is 0 Å². The zero-order chi connectivity index (χ0) is 16.4. The lowest BCUT2D eigenvalue weighted by atomic mass is 10.1. The highest BCUT2D eigenvalue weighted by molar-refractivity contribution is 5.93. The molecule has 3 aromatic rings. The van der Waals surface area contributed by atoms with Gasteiger partial charge in [0.25, 0.3) is 5.56 Å². The lowest BCUT2D eigenvalue weighted by Crippen LogP contribution is -2.37. The van der Waals surface area contributed by atoms with Crippen LogP contribution in [0.3, 0.4) is 0 Å². The highest BCUT2D eigenvalue weighted by Crippen LogP contribution is 2.24. The van der Waals surface area contributed by atoms with Crippen LogP contribution in [0.15, 0.2) is 59.4 Å². The van der Waals surface area contributed by atoms with Crippen LogP contribution in [-0.2, 0) is 6.67 Å². The molecule has 1 saturated heterocycles. The lowest BCUT2D eigenvalue weighted by Gasteiger charge is -2.26. The summed E-state index contributed by atoms with van der Waals surface area (Å²) in [6.07, 6.45) is 3.69. The highest BCUT2D eigenvalue weighted by Gasteiger charge is 2.15. The van der Waals surface area contributed by atoms with Crippen LogP contribution in [0.1, 0.15) is 19.3 Å². The Balaban J connectivity index is 1.85. The summed E-state index contributed by atoms with van der Waals surface area (Å²) in [6.45, 7) is 2.66. The Labute approximate surface area is 141 Å². The van der Waals surface area contributed by atoms with Crippen molar-refractivity contribution < 1.29 is 0 Å². The summed E-state index contributed by atoms with van der Waals surface area (Å²) < 4.78 is 1.63. The van der Waals surface area contributed by atoms with Crippen LogP contribution in [-0.4, -0.2) is 27.8 Å². The van der Waals surface area contributed by atoms with Crippen molar-refractivity contribution in [3.63, 3.8) is 0 Å². The summed E-state index contributed by atoms with van der Waals surface area (Å²) in [6, 6.07) is 17.9. The maximum atomic E-state index is 12.9. The summed E-state index contributed by atoms with van der Waals surface area (Å²) in [5, 5.41) is 6.39. The highest BCUT2D eigenvalue weighted by atomic mass is 16.1. The molecule has 0 atom stereocenters.